The molecule has 0 heterocycles. The minimum Gasteiger partial charge on any atom is -0.303 e. The largest absolute Gasteiger partial charge is 0.303 e. The van der Waals surface area contributed by atoms with E-state index in [0.29, 0.717) is 6.42 Å². The Balaban J connectivity index is 2.36. The molecular weight excluding hydrogens is 188 g/mol. The van der Waals surface area contributed by atoms with Gasteiger partial charge in [-0.1, -0.05) is 24.3 Å². The highest BCUT2D eigenvalue weighted by molar-refractivity contribution is 5.86. The van der Waals surface area contributed by atoms with E-state index in [1.54, 1.807) is 6.92 Å². The van der Waals surface area contributed by atoms with E-state index >= 15 is 0 Å². The Hall–Kier alpha value is -1.44. The van der Waals surface area contributed by atoms with Crippen LogP contribution in [0.1, 0.15) is 24.5 Å². The van der Waals surface area contributed by atoms with Crippen LogP contribution in [-0.4, -0.2) is 12.1 Å². The first-order valence-electron chi connectivity index (χ1n) is 5.19. The monoisotopic (exact) mass is 202 g/mol. The molecule has 1 aliphatic rings. The van der Waals surface area contributed by atoms with Crippen LogP contribution in [0.3, 0.4) is 0 Å². The summed E-state index contributed by atoms with van der Waals surface area (Å²) < 4.78 is 0. The lowest BCUT2D eigenvalue weighted by molar-refractivity contribution is -0.128. The molecule has 0 aromatic heterocycles. The molecule has 0 saturated heterocycles. The molecule has 1 aliphatic carbocycles. The number of carbonyl (C=O) groups excluding carboxylic acids is 2. The first kappa shape index (κ1) is 10.1. The Kier molecular flexibility index (Phi) is 2.43. The molecule has 1 aromatic rings. The van der Waals surface area contributed by atoms with Crippen LogP contribution in [-0.2, 0) is 22.4 Å². The summed E-state index contributed by atoms with van der Waals surface area (Å²) in [7, 11) is 0. The van der Waals surface area contributed by atoms with Crippen LogP contribution in [0.5, 0.6) is 0 Å². The molecule has 1 aromatic carbocycles. The number of hydrogen-bond donors (Lipinski definition) is 0. The van der Waals surface area contributed by atoms with Crippen molar-refractivity contribution >= 4 is 12.1 Å². The van der Waals surface area contributed by atoms with E-state index in [9.17, 15) is 9.59 Å². The third-order valence-corrected chi connectivity index (χ3v) is 3.40. The highest BCUT2D eigenvalue weighted by atomic mass is 16.1. The first-order chi connectivity index (χ1) is 7.18. The fourth-order valence-corrected chi connectivity index (χ4v) is 2.39. The fraction of sp³-hybridized carbons (Fsp3) is 0.385. The molecule has 0 unspecified atom stereocenters. The molecule has 0 atom stereocenters. The average Bonchev–Trinajstić information content (AvgIpc) is 2.57. The molecule has 2 rings (SSSR count). The second-order valence-electron chi connectivity index (χ2n) is 4.33. The third kappa shape index (κ3) is 1.60. The zero-order valence-corrected chi connectivity index (χ0v) is 8.82. The van der Waals surface area contributed by atoms with Crippen molar-refractivity contribution in [3.63, 3.8) is 0 Å². The molecule has 0 N–H and O–H groups in total. The van der Waals surface area contributed by atoms with E-state index in [0.717, 1.165) is 19.1 Å². The molecule has 15 heavy (non-hydrogen) atoms. The van der Waals surface area contributed by atoms with Gasteiger partial charge in [0.25, 0.3) is 0 Å². The summed E-state index contributed by atoms with van der Waals surface area (Å²) in [6, 6.07) is 8.06. The Morgan fingerprint density at radius 3 is 2.27 bits per heavy atom. The Labute approximate surface area is 89.3 Å². The van der Waals surface area contributed by atoms with E-state index in [1.807, 2.05) is 24.3 Å². The smallest absolute Gasteiger partial charge is 0.137 e. The standard InChI is InChI=1S/C13H14O2/c1-10(15)13(6-7-14)8-11-4-2-3-5-12(11)9-13/h2-5,7H,6,8-9H2,1H3. The van der Waals surface area contributed by atoms with Gasteiger partial charge in [0.05, 0.1) is 0 Å². The van der Waals surface area contributed by atoms with Gasteiger partial charge in [-0.05, 0) is 30.9 Å². The van der Waals surface area contributed by atoms with Crippen LogP contribution >= 0.6 is 0 Å². The number of fused-ring (bicyclic) bond motifs is 1. The summed E-state index contributed by atoms with van der Waals surface area (Å²) in [6.07, 6.45) is 2.65. The normalized spacial score (nSPS) is 17.1. The van der Waals surface area contributed by atoms with Crippen molar-refractivity contribution in [1.29, 1.82) is 0 Å². The van der Waals surface area contributed by atoms with Crippen molar-refractivity contribution in [2.75, 3.05) is 0 Å². The number of hydrogen-bond acceptors (Lipinski definition) is 2. The van der Waals surface area contributed by atoms with Gasteiger partial charge in [0.15, 0.2) is 0 Å². The van der Waals surface area contributed by atoms with Gasteiger partial charge in [-0.15, -0.1) is 0 Å². The fourth-order valence-electron chi connectivity index (χ4n) is 2.39. The zero-order chi connectivity index (χ0) is 10.9. The van der Waals surface area contributed by atoms with Gasteiger partial charge >= 0.3 is 0 Å². The highest BCUT2D eigenvalue weighted by Gasteiger charge is 2.40. The molecule has 0 fully saturated rings. The van der Waals surface area contributed by atoms with E-state index < -0.39 is 5.41 Å². The Bertz CT molecular complexity index is 382. The lowest BCUT2D eigenvalue weighted by Crippen LogP contribution is -2.30. The molecule has 2 heteroatoms. The van der Waals surface area contributed by atoms with E-state index in [2.05, 4.69) is 0 Å². The maximum atomic E-state index is 11.7. The summed E-state index contributed by atoms with van der Waals surface area (Å²) in [6.45, 7) is 1.59. The summed E-state index contributed by atoms with van der Waals surface area (Å²) in [5.41, 5.74) is 1.98. The maximum absolute atomic E-state index is 11.7. The predicted molar refractivity (Wildman–Crippen MR) is 57.6 cm³/mol. The molecule has 0 saturated carbocycles. The van der Waals surface area contributed by atoms with Crippen molar-refractivity contribution in [3.05, 3.63) is 35.4 Å². The van der Waals surface area contributed by atoms with Crippen molar-refractivity contribution in [1.82, 2.24) is 0 Å². The van der Waals surface area contributed by atoms with E-state index in [-0.39, 0.29) is 5.78 Å². The number of benzene rings is 1. The van der Waals surface area contributed by atoms with E-state index in [1.165, 1.54) is 11.1 Å². The van der Waals surface area contributed by atoms with Crippen molar-refractivity contribution in [2.24, 2.45) is 5.41 Å². The minimum atomic E-state index is -0.453. The van der Waals surface area contributed by atoms with E-state index in [4.69, 9.17) is 0 Å². The summed E-state index contributed by atoms with van der Waals surface area (Å²) in [5.74, 6) is 0.130. The van der Waals surface area contributed by atoms with Gasteiger partial charge in [0.1, 0.15) is 12.1 Å². The Morgan fingerprint density at radius 2 is 1.87 bits per heavy atom. The van der Waals surface area contributed by atoms with Gasteiger partial charge in [-0.25, -0.2) is 0 Å². The number of Topliss-reactive ketones (excluding diaryl/α,β-unsaturated/α-hetero) is 1. The molecule has 0 spiro atoms. The van der Waals surface area contributed by atoms with Crippen LogP contribution in [0.15, 0.2) is 24.3 Å². The van der Waals surface area contributed by atoms with Crippen LogP contribution in [0, 0.1) is 5.41 Å². The lowest BCUT2D eigenvalue weighted by Gasteiger charge is -2.22. The predicted octanol–water partition coefficient (Wildman–Crippen LogP) is 1.95. The first-order valence-corrected chi connectivity index (χ1v) is 5.19. The second-order valence-corrected chi connectivity index (χ2v) is 4.33. The maximum Gasteiger partial charge on any atom is 0.137 e. The van der Waals surface area contributed by atoms with Crippen molar-refractivity contribution < 1.29 is 9.59 Å². The van der Waals surface area contributed by atoms with Crippen LogP contribution in [0.25, 0.3) is 0 Å². The quantitative estimate of drug-likeness (QED) is 0.702. The number of aldehydes is 1. The number of carbonyl (C=O) groups is 2. The van der Waals surface area contributed by atoms with Crippen LogP contribution in [0.2, 0.25) is 0 Å². The third-order valence-electron chi connectivity index (χ3n) is 3.40. The molecule has 78 valence electrons. The SMILES string of the molecule is CC(=O)C1(CC=O)Cc2ccccc2C1. The Morgan fingerprint density at radius 1 is 1.33 bits per heavy atom. The molecule has 0 radical (unpaired) electrons. The van der Waals surface area contributed by atoms with Gasteiger partial charge in [-0.3, -0.25) is 4.79 Å². The lowest BCUT2D eigenvalue weighted by atomic mass is 9.78. The molecular formula is C13H14O2. The van der Waals surface area contributed by atoms with Crippen molar-refractivity contribution in [3.8, 4) is 0 Å². The van der Waals surface area contributed by atoms with Crippen molar-refractivity contribution in [2.45, 2.75) is 26.2 Å². The number of ketones is 1. The van der Waals surface area contributed by atoms with Gasteiger partial charge < -0.3 is 4.79 Å². The minimum absolute atomic E-state index is 0.130. The number of rotatable bonds is 3. The molecule has 0 amide bonds. The molecule has 0 aliphatic heterocycles. The van der Waals surface area contributed by atoms with Gasteiger partial charge in [0, 0.05) is 11.8 Å². The van der Waals surface area contributed by atoms with Gasteiger partial charge in [-0.2, -0.15) is 0 Å². The highest BCUT2D eigenvalue weighted by Crippen LogP contribution is 2.39. The van der Waals surface area contributed by atoms with Crippen LogP contribution < -0.4 is 0 Å². The topological polar surface area (TPSA) is 34.1 Å². The summed E-state index contributed by atoms with van der Waals surface area (Å²) >= 11 is 0. The zero-order valence-electron chi connectivity index (χ0n) is 8.82. The molecule has 0 bridgehead atoms. The second kappa shape index (κ2) is 3.61. The summed E-state index contributed by atoms with van der Waals surface area (Å²) in [4.78, 5) is 22.3. The van der Waals surface area contributed by atoms with Gasteiger partial charge in [0.2, 0.25) is 0 Å². The summed E-state index contributed by atoms with van der Waals surface area (Å²) in [5, 5.41) is 0. The average molecular weight is 202 g/mol. The molecule has 2 nitrogen and oxygen atoms in total. The van der Waals surface area contributed by atoms with Crippen LogP contribution in [0.4, 0.5) is 0 Å².